The Hall–Kier alpha value is -1.56. The van der Waals surface area contributed by atoms with Gasteiger partial charge in [-0.1, -0.05) is 82.6 Å². The zero-order valence-corrected chi connectivity index (χ0v) is 13.2. The van der Waals surface area contributed by atoms with Gasteiger partial charge in [0.25, 0.3) is 0 Å². The third-order valence-electron chi connectivity index (χ3n) is 3.51. The highest BCUT2D eigenvalue weighted by molar-refractivity contribution is 5.64. The van der Waals surface area contributed by atoms with Crippen molar-refractivity contribution in [2.45, 2.75) is 47.0 Å². The van der Waals surface area contributed by atoms with Gasteiger partial charge in [-0.05, 0) is 40.5 Å². The average molecular weight is 266 g/mol. The molecule has 0 atom stereocenters. The molecular formula is C20H26. The number of hydrogen-bond donors (Lipinski definition) is 0. The Labute approximate surface area is 123 Å². The van der Waals surface area contributed by atoms with Crippen molar-refractivity contribution in [3.05, 3.63) is 59.7 Å². The van der Waals surface area contributed by atoms with Crippen LogP contribution in [0.15, 0.2) is 48.5 Å². The van der Waals surface area contributed by atoms with E-state index >= 15 is 0 Å². The highest BCUT2D eigenvalue weighted by Gasteiger charge is 2.11. The smallest absolute Gasteiger partial charge is 0.0184 e. The van der Waals surface area contributed by atoms with E-state index in [2.05, 4.69) is 76.2 Å². The Kier molecular flexibility index (Phi) is 4.65. The summed E-state index contributed by atoms with van der Waals surface area (Å²) in [5, 5.41) is 0. The molecule has 0 N–H and O–H groups in total. The van der Waals surface area contributed by atoms with Crippen LogP contribution in [0.3, 0.4) is 0 Å². The van der Waals surface area contributed by atoms with E-state index in [9.17, 15) is 0 Å². The van der Waals surface area contributed by atoms with Crippen molar-refractivity contribution in [3.8, 4) is 11.1 Å². The van der Waals surface area contributed by atoms with E-state index in [0.717, 1.165) is 6.42 Å². The lowest BCUT2D eigenvalue weighted by molar-refractivity contribution is 0.411. The third kappa shape index (κ3) is 4.23. The molecule has 0 heteroatoms. The van der Waals surface area contributed by atoms with Gasteiger partial charge >= 0.3 is 0 Å². The molecule has 0 aliphatic heterocycles. The summed E-state index contributed by atoms with van der Waals surface area (Å²) in [5.74, 6) is 0. The minimum Gasteiger partial charge on any atom is -0.0651 e. The van der Waals surface area contributed by atoms with Gasteiger partial charge in [-0.25, -0.2) is 0 Å². The molecule has 0 fully saturated rings. The Bertz CT molecular complexity index is 524. The monoisotopic (exact) mass is 266 g/mol. The van der Waals surface area contributed by atoms with Crippen molar-refractivity contribution < 1.29 is 0 Å². The summed E-state index contributed by atoms with van der Waals surface area (Å²) in [6.07, 6.45) is 3.51. The Morgan fingerprint density at radius 3 is 1.55 bits per heavy atom. The molecule has 0 aliphatic carbocycles. The van der Waals surface area contributed by atoms with Gasteiger partial charge in [-0.3, -0.25) is 0 Å². The number of hydrogen-bond acceptors (Lipinski definition) is 0. The van der Waals surface area contributed by atoms with E-state index in [1.807, 2.05) is 0 Å². The molecule has 0 amide bonds. The first-order valence-electron chi connectivity index (χ1n) is 7.66. The summed E-state index contributed by atoms with van der Waals surface area (Å²) in [6, 6.07) is 18.0. The molecule has 2 aromatic rings. The summed E-state index contributed by atoms with van der Waals surface area (Å²) in [4.78, 5) is 0. The van der Waals surface area contributed by atoms with Crippen molar-refractivity contribution in [2.75, 3.05) is 0 Å². The second-order valence-electron chi connectivity index (χ2n) is 6.88. The minimum atomic E-state index is 0.351. The van der Waals surface area contributed by atoms with Crippen LogP contribution < -0.4 is 0 Å². The average Bonchev–Trinajstić information content (AvgIpc) is 2.39. The molecule has 0 saturated heterocycles. The molecule has 2 rings (SSSR count). The van der Waals surface area contributed by atoms with Gasteiger partial charge in [0.2, 0.25) is 0 Å². The molecule has 2 aromatic carbocycles. The van der Waals surface area contributed by atoms with Crippen LogP contribution in [0.5, 0.6) is 0 Å². The van der Waals surface area contributed by atoms with Crippen LogP contribution in [0.2, 0.25) is 0 Å². The predicted octanol–water partition coefficient (Wildman–Crippen LogP) is 5.89. The van der Waals surface area contributed by atoms with Crippen molar-refractivity contribution in [3.63, 3.8) is 0 Å². The van der Waals surface area contributed by atoms with Gasteiger partial charge in [0.05, 0.1) is 0 Å². The first-order chi connectivity index (χ1) is 9.48. The lowest BCUT2D eigenvalue weighted by atomic mass is 9.87. The third-order valence-corrected chi connectivity index (χ3v) is 3.51. The van der Waals surface area contributed by atoms with E-state index in [-0.39, 0.29) is 0 Å². The van der Waals surface area contributed by atoms with Gasteiger partial charge < -0.3 is 0 Å². The SMILES string of the molecule is CCCc1ccc(-c2ccc(CC(C)(C)C)cc2)cc1. The van der Waals surface area contributed by atoms with Crippen molar-refractivity contribution in [2.24, 2.45) is 5.41 Å². The maximum Gasteiger partial charge on any atom is -0.0184 e. The zero-order chi connectivity index (χ0) is 14.6. The van der Waals surface area contributed by atoms with Crippen LogP contribution in [-0.4, -0.2) is 0 Å². The van der Waals surface area contributed by atoms with Crippen molar-refractivity contribution in [1.29, 1.82) is 0 Å². The highest BCUT2D eigenvalue weighted by atomic mass is 14.2. The first-order valence-corrected chi connectivity index (χ1v) is 7.66. The Morgan fingerprint density at radius 2 is 1.15 bits per heavy atom. The molecular weight excluding hydrogens is 240 g/mol. The van der Waals surface area contributed by atoms with E-state index in [0.29, 0.717) is 5.41 Å². The van der Waals surface area contributed by atoms with Crippen LogP contribution in [0.25, 0.3) is 11.1 Å². The van der Waals surface area contributed by atoms with Gasteiger partial charge in [0.1, 0.15) is 0 Å². The van der Waals surface area contributed by atoms with E-state index in [1.165, 1.54) is 35.1 Å². The normalized spacial score (nSPS) is 11.6. The lowest BCUT2D eigenvalue weighted by Gasteiger charge is -2.18. The Balaban J connectivity index is 2.13. The maximum atomic E-state index is 2.29. The van der Waals surface area contributed by atoms with E-state index in [4.69, 9.17) is 0 Å². The number of rotatable bonds is 4. The Morgan fingerprint density at radius 1 is 0.700 bits per heavy atom. The highest BCUT2D eigenvalue weighted by Crippen LogP contribution is 2.24. The number of benzene rings is 2. The molecule has 0 heterocycles. The van der Waals surface area contributed by atoms with Crippen LogP contribution in [-0.2, 0) is 12.8 Å². The molecule has 0 bridgehead atoms. The van der Waals surface area contributed by atoms with Gasteiger partial charge in [-0.2, -0.15) is 0 Å². The molecule has 20 heavy (non-hydrogen) atoms. The fraction of sp³-hybridized carbons (Fsp3) is 0.400. The van der Waals surface area contributed by atoms with Crippen molar-refractivity contribution in [1.82, 2.24) is 0 Å². The first kappa shape index (κ1) is 14.8. The molecule has 0 unspecified atom stereocenters. The second kappa shape index (κ2) is 6.26. The predicted molar refractivity (Wildman–Crippen MR) is 89.0 cm³/mol. The van der Waals surface area contributed by atoms with Crippen LogP contribution >= 0.6 is 0 Å². The second-order valence-corrected chi connectivity index (χ2v) is 6.88. The molecule has 0 radical (unpaired) electrons. The fourth-order valence-electron chi connectivity index (χ4n) is 2.58. The fourth-order valence-corrected chi connectivity index (χ4v) is 2.58. The van der Waals surface area contributed by atoms with E-state index < -0.39 is 0 Å². The summed E-state index contributed by atoms with van der Waals surface area (Å²) in [5.41, 5.74) is 5.82. The van der Waals surface area contributed by atoms with Gasteiger partial charge in [-0.15, -0.1) is 0 Å². The summed E-state index contributed by atoms with van der Waals surface area (Å²) in [7, 11) is 0. The largest absolute Gasteiger partial charge is 0.0651 e. The maximum absolute atomic E-state index is 2.29. The molecule has 0 spiro atoms. The summed E-state index contributed by atoms with van der Waals surface area (Å²) in [6.45, 7) is 9.08. The van der Waals surface area contributed by atoms with Crippen molar-refractivity contribution >= 4 is 0 Å². The summed E-state index contributed by atoms with van der Waals surface area (Å²) < 4.78 is 0. The van der Waals surface area contributed by atoms with Gasteiger partial charge in [0.15, 0.2) is 0 Å². The molecule has 0 aliphatic rings. The molecule has 106 valence electrons. The molecule has 0 saturated carbocycles. The lowest BCUT2D eigenvalue weighted by Crippen LogP contribution is -2.08. The number of aryl methyl sites for hydroxylation is 1. The minimum absolute atomic E-state index is 0.351. The van der Waals surface area contributed by atoms with Crippen LogP contribution in [0, 0.1) is 5.41 Å². The van der Waals surface area contributed by atoms with Crippen LogP contribution in [0.1, 0.15) is 45.2 Å². The van der Waals surface area contributed by atoms with Gasteiger partial charge in [0, 0.05) is 0 Å². The van der Waals surface area contributed by atoms with Crippen LogP contribution in [0.4, 0.5) is 0 Å². The standard InChI is InChI=1S/C20H26/c1-5-6-16-7-11-18(12-8-16)19-13-9-17(10-14-19)15-20(2,3)4/h7-14H,5-6,15H2,1-4H3. The molecule has 0 aromatic heterocycles. The molecule has 0 nitrogen and oxygen atoms in total. The quantitative estimate of drug-likeness (QED) is 0.646. The topological polar surface area (TPSA) is 0 Å². The summed E-state index contributed by atoms with van der Waals surface area (Å²) >= 11 is 0. The van der Waals surface area contributed by atoms with E-state index in [1.54, 1.807) is 0 Å². The zero-order valence-electron chi connectivity index (χ0n) is 13.2.